The molecule has 2 heterocycles. The van der Waals surface area contributed by atoms with Gasteiger partial charge in [-0.3, -0.25) is 4.79 Å². The Bertz CT molecular complexity index is 694. The number of carbonyl (C=O) groups excluding carboxylic acids is 1. The molecule has 110 valence electrons. The predicted molar refractivity (Wildman–Crippen MR) is 75.8 cm³/mol. The second kappa shape index (κ2) is 5.21. The van der Waals surface area contributed by atoms with E-state index < -0.39 is 18.1 Å². The Morgan fingerprint density at radius 1 is 1.33 bits per heavy atom. The van der Waals surface area contributed by atoms with Crippen LogP contribution in [0.25, 0.3) is 10.9 Å². The molecule has 1 fully saturated rings. The minimum absolute atomic E-state index is 0.0815. The number of carboxylic acids is 1. The fraction of sp³-hybridized carbons (Fsp3) is 0.333. The zero-order valence-corrected chi connectivity index (χ0v) is 11.3. The number of para-hydroxylation sites is 1. The number of nitrogens with zero attached hydrogens (tertiary/aromatic N) is 1. The average Bonchev–Trinajstić information content (AvgIpc) is 3.03. The molecule has 0 saturated carbocycles. The van der Waals surface area contributed by atoms with Crippen molar-refractivity contribution < 1.29 is 19.8 Å². The van der Waals surface area contributed by atoms with Gasteiger partial charge in [0.15, 0.2) is 0 Å². The Hall–Kier alpha value is -2.34. The number of nitrogens with one attached hydrogen (secondary N) is 1. The molecule has 0 spiro atoms. The summed E-state index contributed by atoms with van der Waals surface area (Å²) in [5, 5.41) is 19.7. The minimum atomic E-state index is -1.07. The van der Waals surface area contributed by atoms with Crippen molar-refractivity contribution in [3.8, 4) is 0 Å². The number of aliphatic hydroxyl groups excluding tert-OH is 1. The molecule has 2 atom stereocenters. The topological polar surface area (TPSA) is 93.6 Å². The second-order valence-electron chi connectivity index (χ2n) is 5.33. The molecule has 2 aromatic rings. The lowest BCUT2D eigenvalue weighted by atomic mass is 10.1. The number of fused-ring (bicyclic) bond motifs is 1. The van der Waals surface area contributed by atoms with Crippen molar-refractivity contribution in [2.24, 2.45) is 0 Å². The summed E-state index contributed by atoms with van der Waals surface area (Å²) in [6.45, 7) is 0.0815. The quantitative estimate of drug-likeness (QED) is 0.777. The van der Waals surface area contributed by atoms with E-state index in [1.165, 1.54) is 4.90 Å². The van der Waals surface area contributed by atoms with Crippen molar-refractivity contribution >= 4 is 22.8 Å². The Balaban J connectivity index is 1.81. The number of hydrogen-bond donors (Lipinski definition) is 3. The normalized spacial score (nSPS) is 21.9. The number of aromatic nitrogens is 1. The van der Waals surface area contributed by atoms with E-state index in [1.807, 2.05) is 24.3 Å². The Morgan fingerprint density at radius 2 is 2.10 bits per heavy atom. The first-order valence-corrected chi connectivity index (χ1v) is 6.81. The highest BCUT2D eigenvalue weighted by atomic mass is 16.4. The van der Waals surface area contributed by atoms with Gasteiger partial charge in [-0.25, -0.2) is 4.79 Å². The van der Waals surface area contributed by atoms with Gasteiger partial charge in [-0.2, -0.15) is 0 Å². The number of rotatable bonds is 3. The number of carboxylic acid groups (broad SMARTS) is 1. The average molecular weight is 288 g/mol. The highest BCUT2D eigenvalue weighted by Crippen LogP contribution is 2.22. The molecule has 0 aliphatic carbocycles. The number of β-amino-alcohol motifs (C(OH)–C–C–N with tert-alkyl or cyclic N) is 1. The van der Waals surface area contributed by atoms with Crippen molar-refractivity contribution in [1.82, 2.24) is 9.88 Å². The van der Waals surface area contributed by atoms with Crippen molar-refractivity contribution in [3.05, 3.63) is 36.0 Å². The fourth-order valence-electron chi connectivity index (χ4n) is 2.87. The lowest BCUT2D eigenvalue weighted by Crippen LogP contribution is -2.41. The van der Waals surface area contributed by atoms with Crippen LogP contribution in [-0.4, -0.2) is 50.7 Å². The third kappa shape index (κ3) is 2.50. The molecule has 21 heavy (non-hydrogen) atoms. The molecular formula is C15H16N2O4. The Morgan fingerprint density at radius 3 is 2.86 bits per heavy atom. The van der Waals surface area contributed by atoms with Crippen molar-refractivity contribution in [3.63, 3.8) is 0 Å². The SMILES string of the molecule is O=C(O)[C@@H]1C[C@@H](O)CN1C(=O)Cc1c[nH]c2ccccc12. The summed E-state index contributed by atoms with van der Waals surface area (Å²) in [5.74, 6) is -1.34. The monoisotopic (exact) mass is 288 g/mol. The largest absolute Gasteiger partial charge is 0.480 e. The van der Waals surface area contributed by atoms with Gasteiger partial charge in [-0.05, 0) is 11.6 Å². The van der Waals surface area contributed by atoms with E-state index in [2.05, 4.69) is 4.98 Å². The van der Waals surface area contributed by atoms with Gasteiger partial charge >= 0.3 is 5.97 Å². The maximum absolute atomic E-state index is 12.4. The van der Waals surface area contributed by atoms with Gasteiger partial charge < -0.3 is 20.1 Å². The number of amides is 1. The van der Waals surface area contributed by atoms with Gasteiger partial charge in [0.2, 0.25) is 5.91 Å². The van der Waals surface area contributed by atoms with E-state index in [-0.39, 0.29) is 25.3 Å². The first kappa shape index (κ1) is 13.6. The summed E-state index contributed by atoms with van der Waals surface area (Å²) in [6.07, 6.45) is 1.22. The summed E-state index contributed by atoms with van der Waals surface area (Å²) in [4.78, 5) is 27.9. The number of likely N-dealkylation sites (tertiary alicyclic amines) is 1. The molecule has 3 N–H and O–H groups in total. The number of benzene rings is 1. The second-order valence-corrected chi connectivity index (χ2v) is 5.33. The number of carbonyl (C=O) groups is 2. The van der Waals surface area contributed by atoms with Crippen molar-refractivity contribution in [1.29, 1.82) is 0 Å². The van der Waals surface area contributed by atoms with E-state index in [1.54, 1.807) is 6.20 Å². The summed E-state index contributed by atoms with van der Waals surface area (Å²) in [5.41, 5.74) is 1.78. The van der Waals surface area contributed by atoms with Crippen LogP contribution in [0.5, 0.6) is 0 Å². The highest BCUT2D eigenvalue weighted by molar-refractivity contribution is 5.91. The van der Waals surface area contributed by atoms with Crippen LogP contribution in [0.4, 0.5) is 0 Å². The van der Waals surface area contributed by atoms with Gasteiger partial charge in [-0.15, -0.1) is 0 Å². The number of aliphatic hydroxyl groups is 1. The molecular weight excluding hydrogens is 272 g/mol. The molecule has 6 heteroatoms. The summed E-state index contributed by atoms with van der Waals surface area (Å²) in [7, 11) is 0. The first-order valence-electron chi connectivity index (χ1n) is 6.81. The summed E-state index contributed by atoms with van der Waals surface area (Å²) in [6, 6.07) is 6.70. The molecule has 6 nitrogen and oxygen atoms in total. The van der Waals surface area contributed by atoms with Crippen LogP contribution in [0.15, 0.2) is 30.5 Å². The van der Waals surface area contributed by atoms with Gasteiger partial charge in [0, 0.05) is 30.1 Å². The van der Waals surface area contributed by atoms with Crippen LogP contribution in [0.3, 0.4) is 0 Å². The third-order valence-electron chi connectivity index (χ3n) is 3.90. The van der Waals surface area contributed by atoms with E-state index in [0.29, 0.717) is 0 Å². The highest BCUT2D eigenvalue weighted by Gasteiger charge is 2.38. The molecule has 0 bridgehead atoms. The zero-order valence-electron chi connectivity index (χ0n) is 11.3. The number of aromatic amines is 1. The summed E-state index contributed by atoms with van der Waals surface area (Å²) < 4.78 is 0. The van der Waals surface area contributed by atoms with E-state index >= 15 is 0 Å². The Kier molecular flexibility index (Phi) is 3.39. The van der Waals surface area contributed by atoms with E-state index in [0.717, 1.165) is 16.5 Å². The molecule has 1 aromatic heterocycles. The van der Waals surface area contributed by atoms with Gasteiger partial charge in [0.1, 0.15) is 6.04 Å². The third-order valence-corrected chi connectivity index (χ3v) is 3.90. The smallest absolute Gasteiger partial charge is 0.326 e. The molecule has 0 unspecified atom stereocenters. The van der Waals surface area contributed by atoms with Crippen LogP contribution in [0, 0.1) is 0 Å². The number of aliphatic carboxylic acids is 1. The number of hydrogen-bond acceptors (Lipinski definition) is 3. The lowest BCUT2D eigenvalue weighted by Gasteiger charge is -2.21. The van der Waals surface area contributed by atoms with Crippen LogP contribution in [-0.2, 0) is 16.0 Å². The maximum atomic E-state index is 12.4. The van der Waals surface area contributed by atoms with Crippen LogP contribution < -0.4 is 0 Å². The molecule has 0 radical (unpaired) electrons. The van der Waals surface area contributed by atoms with Crippen LogP contribution in [0.1, 0.15) is 12.0 Å². The standard InChI is InChI=1S/C15H16N2O4/c18-10-6-13(15(20)21)17(8-10)14(19)5-9-7-16-12-4-2-1-3-11(9)12/h1-4,7,10,13,16,18H,5-6,8H2,(H,20,21)/t10-,13+/m1/s1. The number of H-pyrrole nitrogens is 1. The molecule has 1 aromatic carbocycles. The maximum Gasteiger partial charge on any atom is 0.326 e. The minimum Gasteiger partial charge on any atom is -0.480 e. The molecule has 1 aliphatic rings. The van der Waals surface area contributed by atoms with Gasteiger partial charge in [-0.1, -0.05) is 18.2 Å². The molecule has 1 saturated heterocycles. The fourth-order valence-corrected chi connectivity index (χ4v) is 2.87. The van der Waals surface area contributed by atoms with Crippen molar-refractivity contribution in [2.75, 3.05) is 6.54 Å². The van der Waals surface area contributed by atoms with Crippen molar-refractivity contribution in [2.45, 2.75) is 25.0 Å². The van der Waals surface area contributed by atoms with Crippen LogP contribution >= 0.6 is 0 Å². The Labute approximate surface area is 121 Å². The summed E-state index contributed by atoms with van der Waals surface area (Å²) >= 11 is 0. The first-order chi connectivity index (χ1) is 10.1. The molecule has 1 amide bonds. The van der Waals surface area contributed by atoms with Gasteiger partial charge in [0.05, 0.1) is 12.5 Å². The van der Waals surface area contributed by atoms with E-state index in [4.69, 9.17) is 5.11 Å². The van der Waals surface area contributed by atoms with E-state index in [9.17, 15) is 14.7 Å². The zero-order chi connectivity index (χ0) is 15.0. The molecule has 1 aliphatic heterocycles. The van der Waals surface area contributed by atoms with Gasteiger partial charge in [0.25, 0.3) is 0 Å². The molecule has 3 rings (SSSR count). The lowest BCUT2D eigenvalue weighted by molar-refractivity contribution is -0.147. The predicted octanol–water partition coefficient (Wildman–Crippen LogP) is 0.757. The van der Waals surface area contributed by atoms with Crippen LogP contribution in [0.2, 0.25) is 0 Å².